The second-order valence-electron chi connectivity index (χ2n) is 5.55. The van der Waals surface area contributed by atoms with Crippen molar-refractivity contribution in [2.75, 3.05) is 13.7 Å². The molecule has 0 radical (unpaired) electrons. The average Bonchev–Trinajstić information content (AvgIpc) is 3.17. The molecule has 3 aromatic rings. The first-order valence-corrected chi connectivity index (χ1v) is 8.06. The van der Waals surface area contributed by atoms with Gasteiger partial charge in [0.1, 0.15) is 5.75 Å². The van der Waals surface area contributed by atoms with E-state index in [1.54, 1.807) is 19.2 Å². The summed E-state index contributed by atoms with van der Waals surface area (Å²) in [7, 11) is 1.59. The highest BCUT2D eigenvalue weighted by Crippen LogP contribution is 2.19. The van der Waals surface area contributed by atoms with Crippen molar-refractivity contribution in [1.82, 2.24) is 15.5 Å². The van der Waals surface area contributed by atoms with Crippen molar-refractivity contribution >= 4 is 11.6 Å². The molecule has 1 amide bonds. The molecule has 1 aromatic heterocycles. The van der Waals surface area contributed by atoms with Crippen molar-refractivity contribution in [2.24, 2.45) is 0 Å². The molecule has 0 bridgehead atoms. The normalized spacial score (nSPS) is 10.4. The van der Waals surface area contributed by atoms with Gasteiger partial charge < -0.3 is 14.6 Å². The van der Waals surface area contributed by atoms with Crippen LogP contribution in [0.5, 0.6) is 5.75 Å². The maximum Gasteiger partial charge on any atom is 0.270 e. The molecule has 9 nitrogen and oxygen atoms in total. The predicted molar refractivity (Wildman–Crippen MR) is 95.4 cm³/mol. The molecule has 0 aliphatic carbocycles. The third kappa shape index (κ3) is 4.46. The van der Waals surface area contributed by atoms with Gasteiger partial charge in [-0.15, -0.1) is 0 Å². The van der Waals surface area contributed by atoms with Gasteiger partial charge in [-0.3, -0.25) is 14.9 Å². The summed E-state index contributed by atoms with van der Waals surface area (Å²) < 4.78 is 10.3. The fourth-order valence-corrected chi connectivity index (χ4v) is 2.36. The standard InChI is InChI=1S/C18H16N4O5/c1-26-15-7-5-12(6-8-15)17-20-16(27-21-17)9-10-19-18(23)13-3-2-4-14(11-13)22(24)25/h2-8,11H,9-10H2,1H3,(H,19,23). The Morgan fingerprint density at radius 1 is 1.26 bits per heavy atom. The first-order chi connectivity index (χ1) is 13.1. The maximum atomic E-state index is 12.1. The second kappa shape index (κ2) is 8.09. The van der Waals surface area contributed by atoms with E-state index in [0.717, 1.165) is 11.3 Å². The van der Waals surface area contributed by atoms with Crippen molar-refractivity contribution in [3.8, 4) is 17.1 Å². The lowest BCUT2D eigenvalue weighted by Gasteiger charge is -2.03. The van der Waals surface area contributed by atoms with E-state index >= 15 is 0 Å². The van der Waals surface area contributed by atoms with E-state index in [-0.39, 0.29) is 17.8 Å². The maximum absolute atomic E-state index is 12.1. The Morgan fingerprint density at radius 3 is 2.74 bits per heavy atom. The topological polar surface area (TPSA) is 120 Å². The lowest BCUT2D eigenvalue weighted by atomic mass is 10.2. The highest BCUT2D eigenvalue weighted by atomic mass is 16.6. The van der Waals surface area contributed by atoms with E-state index in [1.807, 2.05) is 12.1 Å². The van der Waals surface area contributed by atoms with E-state index in [1.165, 1.54) is 24.3 Å². The van der Waals surface area contributed by atoms with Gasteiger partial charge in [0.2, 0.25) is 11.7 Å². The fourth-order valence-electron chi connectivity index (χ4n) is 2.36. The number of hydrogen-bond donors (Lipinski definition) is 1. The number of nitro groups is 1. The Hall–Kier alpha value is -3.75. The minimum atomic E-state index is -0.546. The molecule has 0 spiro atoms. The number of nitrogens with one attached hydrogen (secondary N) is 1. The van der Waals surface area contributed by atoms with Crippen LogP contribution in [0.3, 0.4) is 0 Å². The third-order valence-corrected chi connectivity index (χ3v) is 3.76. The molecule has 0 fully saturated rings. The van der Waals surface area contributed by atoms with E-state index in [9.17, 15) is 14.9 Å². The Bertz CT molecular complexity index is 952. The summed E-state index contributed by atoms with van der Waals surface area (Å²) in [6.45, 7) is 0.256. The van der Waals surface area contributed by atoms with Crippen molar-refractivity contribution < 1.29 is 19.0 Å². The Balaban J connectivity index is 1.56. The molecule has 3 rings (SSSR count). The first kappa shape index (κ1) is 18.1. The van der Waals surface area contributed by atoms with Crippen LogP contribution in [0.25, 0.3) is 11.4 Å². The molecule has 138 valence electrons. The smallest absolute Gasteiger partial charge is 0.270 e. The molecule has 0 atom stereocenters. The van der Waals surface area contributed by atoms with E-state index in [4.69, 9.17) is 9.26 Å². The number of ether oxygens (including phenoxy) is 1. The van der Waals surface area contributed by atoms with Gasteiger partial charge in [-0.2, -0.15) is 4.98 Å². The minimum absolute atomic E-state index is 0.135. The lowest BCUT2D eigenvalue weighted by molar-refractivity contribution is -0.384. The summed E-state index contributed by atoms with van der Waals surface area (Å²) >= 11 is 0. The number of non-ortho nitro benzene ring substituents is 1. The van der Waals surface area contributed by atoms with Gasteiger partial charge in [0.25, 0.3) is 11.6 Å². The van der Waals surface area contributed by atoms with E-state index in [2.05, 4.69) is 15.5 Å². The minimum Gasteiger partial charge on any atom is -0.497 e. The monoisotopic (exact) mass is 368 g/mol. The van der Waals surface area contributed by atoms with E-state index < -0.39 is 10.8 Å². The first-order valence-electron chi connectivity index (χ1n) is 8.06. The number of methoxy groups -OCH3 is 1. The summed E-state index contributed by atoms with van der Waals surface area (Å²) in [6.07, 6.45) is 0.337. The number of carbonyl (C=O) groups excluding carboxylic acids is 1. The summed E-state index contributed by atoms with van der Waals surface area (Å²) in [6, 6.07) is 12.8. The molecule has 0 aliphatic heterocycles. The predicted octanol–water partition coefficient (Wildman–Crippen LogP) is 2.63. The van der Waals surface area contributed by atoms with Crippen molar-refractivity contribution in [1.29, 1.82) is 0 Å². The molecule has 0 unspecified atom stereocenters. The number of benzene rings is 2. The summed E-state index contributed by atoms with van der Waals surface area (Å²) in [5.41, 5.74) is 0.865. The number of carbonyl (C=O) groups is 1. The number of nitro benzene ring substituents is 1. The highest BCUT2D eigenvalue weighted by Gasteiger charge is 2.12. The van der Waals surface area contributed by atoms with Gasteiger partial charge in [-0.25, -0.2) is 0 Å². The molecule has 1 N–H and O–H groups in total. The van der Waals surface area contributed by atoms with Crippen molar-refractivity contribution in [3.05, 3.63) is 70.1 Å². The van der Waals surface area contributed by atoms with Crippen LogP contribution in [-0.4, -0.2) is 34.6 Å². The molecular weight excluding hydrogens is 352 g/mol. The molecule has 9 heteroatoms. The summed E-state index contributed by atoms with van der Waals surface area (Å²) in [5, 5.41) is 17.4. The molecule has 1 heterocycles. The lowest BCUT2D eigenvalue weighted by Crippen LogP contribution is -2.25. The van der Waals surface area contributed by atoms with Crippen LogP contribution in [0.15, 0.2) is 53.1 Å². The van der Waals surface area contributed by atoms with Gasteiger partial charge in [0.15, 0.2) is 0 Å². The van der Waals surface area contributed by atoms with Gasteiger partial charge in [0, 0.05) is 36.2 Å². The zero-order chi connectivity index (χ0) is 19.2. The second-order valence-corrected chi connectivity index (χ2v) is 5.55. The number of rotatable bonds is 7. The summed E-state index contributed by atoms with van der Waals surface area (Å²) in [4.78, 5) is 26.6. The average molecular weight is 368 g/mol. The zero-order valence-electron chi connectivity index (χ0n) is 14.4. The molecule has 2 aromatic carbocycles. The molecule has 0 saturated carbocycles. The van der Waals surface area contributed by atoms with Crippen molar-refractivity contribution in [2.45, 2.75) is 6.42 Å². The van der Waals surface area contributed by atoms with Crippen LogP contribution < -0.4 is 10.1 Å². The fraction of sp³-hybridized carbons (Fsp3) is 0.167. The van der Waals surface area contributed by atoms with Crippen molar-refractivity contribution in [3.63, 3.8) is 0 Å². The van der Waals surface area contributed by atoms with E-state index in [0.29, 0.717) is 18.1 Å². The molecule has 0 saturated heterocycles. The summed E-state index contributed by atoms with van der Waals surface area (Å²) in [5.74, 6) is 1.14. The van der Waals surface area contributed by atoms with Crippen LogP contribution in [-0.2, 0) is 6.42 Å². The number of nitrogens with zero attached hydrogens (tertiary/aromatic N) is 3. The van der Waals surface area contributed by atoms with Crippen LogP contribution >= 0.6 is 0 Å². The largest absolute Gasteiger partial charge is 0.497 e. The van der Waals surface area contributed by atoms with Crippen LogP contribution in [0.1, 0.15) is 16.2 Å². The van der Waals surface area contributed by atoms with Gasteiger partial charge in [-0.1, -0.05) is 11.2 Å². The highest BCUT2D eigenvalue weighted by molar-refractivity contribution is 5.94. The van der Waals surface area contributed by atoms with Gasteiger partial charge >= 0.3 is 0 Å². The Kier molecular flexibility index (Phi) is 5.41. The Labute approximate surface area is 154 Å². The SMILES string of the molecule is COc1ccc(-c2noc(CCNC(=O)c3cccc([N+](=O)[O-])c3)n2)cc1. The number of amides is 1. The third-order valence-electron chi connectivity index (χ3n) is 3.76. The van der Waals surface area contributed by atoms with Crippen LogP contribution in [0.4, 0.5) is 5.69 Å². The zero-order valence-corrected chi connectivity index (χ0v) is 14.4. The molecule has 27 heavy (non-hydrogen) atoms. The van der Waals surface area contributed by atoms with Crippen LogP contribution in [0, 0.1) is 10.1 Å². The molecule has 0 aliphatic rings. The van der Waals surface area contributed by atoms with Gasteiger partial charge in [0.05, 0.1) is 12.0 Å². The molecular formula is C18H16N4O5. The Morgan fingerprint density at radius 2 is 2.04 bits per heavy atom. The van der Waals surface area contributed by atoms with Crippen LogP contribution in [0.2, 0.25) is 0 Å². The number of hydrogen-bond acceptors (Lipinski definition) is 7. The van der Waals surface area contributed by atoms with Gasteiger partial charge in [-0.05, 0) is 30.3 Å². The quantitative estimate of drug-likeness (QED) is 0.502. The number of aromatic nitrogens is 2.